The quantitative estimate of drug-likeness (QED) is 0.912. The Balaban J connectivity index is 1.44. The highest BCUT2D eigenvalue weighted by Gasteiger charge is 2.35. The Morgan fingerprint density at radius 3 is 2.80 bits per heavy atom. The van der Waals surface area contributed by atoms with Crippen molar-refractivity contribution in [3.63, 3.8) is 0 Å². The van der Waals surface area contributed by atoms with Gasteiger partial charge in [0.25, 0.3) is 0 Å². The van der Waals surface area contributed by atoms with Gasteiger partial charge in [0, 0.05) is 43.6 Å². The molecule has 1 saturated carbocycles. The normalized spacial score (nSPS) is 23.4. The molecular weight excluding hydrogens is 312 g/mol. The van der Waals surface area contributed by atoms with Crippen molar-refractivity contribution < 1.29 is 4.74 Å². The minimum absolute atomic E-state index is 0.457. The molecule has 2 aromatic rings. The second-order valence-electron chi connectivity index (χ2n) is 7.21. The number of hydrogen-bond donors (Lipinski definition) is 1. The van der Waals surface area contributed by atoms with E-state index in [-0.39, 0.29) is 0 Å². The van der Waals surface area contributed by atoms with Crippen LogP contribution in [0.25, 0.3) is 11.3 Å². The summed E-state index contributed by atoms with van der Waals surface area (Å²) in [4.78, 5) is 0. The topological polar surface area (TPSA) is 62.9 Å². The van der Waals surface area contributed by atoms with E-state index in [1.165, 1.54) is 18.4 Å². The number of rotatable bonds is 5. The Hall–Kier alpha value is -2.16. The van der Waals surface area contributed by atoms with E-state index in [1.807, 2.05) is 36.0 Å². The van der Waals surface area contributed by atoms with Crippen LogP contribution in [0, 0.1) is 17.2 Å². The Morgan fingerprint density at radius 1 is 1.28 bits per heavy atom. The fourth-order valence-electron chi connectivity index (χ4n) is 3.68. The molecule has 5 heteroatoms. The summed E-state index contributed by atoms with van der Waals surface area (Å²) in [5.41, 5.74) is 3.92. The van der Waals surface area contributed by atoms with Crippen molar-refractivity contribution in [2.75, 3.05) is 6.61 Å². The maximum atomic E-state index is 8.96. The minimum atomic E-state index is 0.457. The summed E-state index contributed by atoms with van der Waals surface area (Å²) in [6, 6.07) is 10.3. The fraction of sp³-hybridized carbons (Fsp3) is 0.500. The zero-order chi connectivity index (χ0) is 17.2. The van der Waals surface area contributed by atoms with Crippen molar-refractivity contribution in [3.05, 3.63) is 41.6 Å². The Labute approximate surface area is 148 Å². The summed E-state index contributed by atoms with van der Waals surface area (Å²) in [7, 11) is 1.95. The van der Waals surface area contributed by atoms with Gasteiger partial charge in [-0.1, -0.05) is 12.1 Å². The summed E-state index contributed by atoms with van der Waals surface area (Å²) in [6.45, 7) is 1.68. The van der Waals surface area contributed by atoms with Crippen LogP contribution in [0.1, 0.15) is 36.8 Å². The molecule has 130 valence electrons. The lowest BCUT2D eigenvalue weighted by atomic mass is 9.99. The van der Waals surface area contributed by atoms with Gasteiger partial charge >= 0.3 is 0 Å². The van der Waals surface area contributed by atoms with E-state index in [2.05, 4.69) is 22.7 Å². The van der Waals surface area contributed by atoms with Crippen molar-refractivity contribution in [1.29, 1.82) is 5.26 Å². The minimum Gasteiger partial charge on any atom is -0.378 e. The number of nitriles is 1. The van der Waals surface area contributed by atoms with Crippen LogP contribution in [0.2, 0.25) is 0 Å². The lowest BCUT2D eigenvalue weighted by Gasteiger charge is -2.30. The summed E-state index contributed by atoms with van der Waals surface area (Å²) >= 11 is 0. The van der Waals surface area contributed by atoms with Gasteiger partial charge in [-0.15, -0.1) is 0 Å². The summed E-state index contributed by atoms with van der Waals surface area (Å²) in [6.07, 6.45) is 7.41. The fourth-order valence-corrected chi connectivity index (χ4v) is 3.68. The zero-order valence-corrected chi connectivity index (χ0v) is 14.6. The van der Waals surface area contributed by atoms with E-state index in [0.717, 1.165) is 43.2 Å². The Morgan fingerprint density at radius 2 is 2.08 bits per heavy atom. The molecule has 25 heavy (non-hydrogen) atoms. The molecule has 0 unspecified atom stereocenters. The van der Waals surface area contributed by atoms with Gasteiger partial charge in [0.2, 0.25) is 0 Å². The SMILES string of the molecule is Cn1cc(CN[C@H]2CCO[C@H](C3CC3)C2)c(-c2ccc(C#N)cc2)n1. The molecule has 1 saturated heterocycles. The first-order valence-corrected chi connectivity index (χ1v) is 9.11. The van der Waals surface area contributed by atoms with Crippen molar-refractivity contribution in [2.45, 2.75) is 44.4 Å². The predicted molar refractivity (Wildman–Crippen MR) is 95.7 cm³/mol. The second kappa shape index (κ2) is 6.99. The molecule has 2 aliphatic rings. The van der Waals surface area contributed by atoms with Crippen LogP contribution < -0.4 is 5.32 Å². The predicted octanol–water partition coefficient (Wildman–Crippen LogP) is 3.01. The highest BCUT2D eigenvalue weighted by molar-refractivity contribution is 5.63. The molecule has 1 aromatic carbocycles. The van der Waals surface area contributed by atoms with E-state index >= 15 is 0 Å². The third kappa shape index (κ3) is 3.76. The molecule has 0 amide bonds. The van der Waals surface area contributed by atoms with Crippen LogP contribution in [0.4, 0.5) is 0 Å². The number of nitrogens with one attached hydrogen (secondary N) is 1. The largest absolute Gasteiger partial charge is 0.378 e. The first-order chi connectivity index (χ1) is 12.2. The molecular formula is C20H24N4O. The number of nitrogens with zero attached hydrogens (tertiary/aromatic N) is 3. The van der Waals surface area contributed by atoms with E-state index in [9.17, 15) is 0 Å². The smallest absolute Gasteiger partial charge is 0.0991 e. The van der Waals surface area contributed by atoms with Crippen molar-refractivity contribution in [2.24, 2.45) is 13.0 Å². The summed E-state index contributed by atoms with van der Waals surface area (Å²) in [5.74, 6) is 0.803. The standard InChI is InChI=1S/C20H24N4O/c1-24-13-17(20(23-24)16-4-2-14(11-21)3-5-16)12-22-18-8-9-25-19(10-18)15-6-7-15/h2-5,13,15,18-19,22H,6-10,12H2,1H3/t18-,19-/m0/s1. The molecule has 0 spiro atoms. The molecule has 4 rings (SSSR count). The number of ether oxygens (including phenoxy) is 1. The lowest BCUT2D eigenvalue weighted by Crippen LogP contribution is -2.39. The first-order valence-electron chi connectivity index (χ1n) is 9.11. The third-order valence-electron chi connectivity index (χ3n) is 5.24. The van der Waals surface area contributed by atoms with Gasteiger partial charge in [-0.2, -0.15) is 10.4 Å². The number of aromatic nitrogens is 2. The van der Waals surface area contributed by atoms with Gasteiger partial charge in [-0.05, 0) is 43.7 Å². The Bertz CT molecular complexity index is 770. The number of hydrogen-bond acceptors (Lipinski definition) is 4. The summed E-state index contributed by atoms with van der Waals surface area (Å²) < 4.78 is 7.78. The number of aryl methyl sites for hydroxylation is 1. The summed E-state index contributed by atoms with van der Waals surface area (Å²) in [5, 5.41) is 17.3. The monoisotopic (exact) mass is 336 g/mol. The first kappa shape index (κ1) is 16.3. The molecule has 0 radical (unpaired) electrons. The molecule has 2 heterocycles. The average molecular weight is 336 g/mol. The molecule has 0 bridgehead atoms. The van der Waals surface area contributed by atoms with Gasteiger partial charge in [0.1, 0.15) is 0 Å². The van der Waals surface area contributed by atoms with E-state index in [1.54, 1.807) is 0 Å². The van der Waals surface area contributed by atoms with Crippen LogP contribution in [-0.4, -0.2) is 28.5 Å². The van der Waals surface area contributed by atoms with Crippen LogP contribution in [0.3, 0.4) is 0 Å². The van der Waals surface area contributed by atoms with Gasteiger partial charge in [0.15, 0.2) is 0 Å². The highest BCUT2D eigenvalue weighted by atomic mass is 16.5. The van der Waals surface area contributed by atoms with Gasteiger partial charge in [-0.25, -0.2) is 0 Å². The molecule has 1 aromatic heterocycles. The van der Waals surface area contributed by atoms with Crippen molar-refractivity contribution in [3.8, 4) is 17.3 Å². The average Bonchev–Trinajstić information content (AvgIpc) is 3.43. The van der Waals surface area contributed by atoms with Crippen LogP contribution in [-0.2, 0) is 18.3 Å². The maximum Gasteiger partial charge on any atom is 0.0991 e. The second-order valence-corrected chi connectivity index (χ2v) is 7.21. The molecule has 5 nitrogen and oxygen atoms in total. The number of benzene rings is 1. The molecule has 1 aliphatic heterocycles. The van der Waals surface area contributed by atoms with Gasteiger partial charge in [0.05, 0.1) is 23.4 Å². The van der Waals surface area contributed by atoms with E-state index in [0.29, 0.717) is 17.7 Å². The molecule has 1 aliphatic carbocycles. The maximum absolute atomic E-state index is 8.96. The van der Waals surface area contributed by atoms with Gasteiger partial charge < -0.3 is 10.1 Å². The molecule has 1 N–H and O–H groups in total. The van der Waals surface area contributed by atoms with Gasteiger partial charge in [-0.3, -0.25) is 4.68 Å². The lowest BCUT2D eigenvalue weighted by molar-refractivity contribution is -0.0113. The zero-order valence-electron chi connectivity index (χ0n) is 14.6. The van der Waals surface area contributed by atoms with E-state index in [4.69, 9.17) is 10.00 Å². The Kier molecular flexibility index (Phi) is 4.56. The molecule has 2 fully saturated rings. The third-order valence-corrected chi connectivity index (χ3v) is 5.24. The highest BCUT2D eigenvalue weighted by Crippen LogP contribution is 2.38. The van der Waals surface area contributed by atoms with Crippen molar-refractivity contribution in [1.82, 2.24) is 15.1 Å². The van der Waals surface area contributed by atoms with Crippen molar-refractivity contribution >= 4 is 0 Å². The van der Waals surface area contributed by atoms with Crippen LogP contribution in [0.5, 0.6) is 0 Å². The van der Waals surface area contributed by atoms with Crippen LogP contribution in [0.15, 0.2) is 30.5 Å². The molecule has 2 atom stereocenters. The van der Waals surface area contributed by atoms with Crippen LogP contribution >= 0.6 is 0 Å². The van der Waals surface area contributed by atoms with E-state index < -0.39 is 0 Å².